The highest BCUT2D eigenvalue weighted by molar-refractivity contribution is 6.28. The lowest BCUT2D eigenvalue weighted by Crippen LogP contribution is -2.36. The van der Waals surface area contributed by atoms with Crippen molar-refractivity contribution >= 4 is 12.1 Å². The molecule has 0 radical (unpaired) electrons. The summed E-state index contributed by atoms with van der Waals surface area (Å²) < 4.78 is 5.93. The van der Waals surface area contributed by atoms with E-state index in [-0.39, 0.29) is 0 Å². The number of nitrogens with zero attached hydrogens (tertiary/aromatic N) is 2. The maximum absolute atomic E-state index is 11.8. The highest BCUT2D eigenvalue weighted by Crippen LogP contribution is 2.42. The Kier molecular flexibility index (Phi) is 4.17. The fourth-order valence-corrected chi connectivity index (χ4v) is 4.07. The summed E-state index contributed by atoms with van der Waals surface area (Å²) in [6.07, 6.45) is 14.9. The van der Waals surface area contributed by atoms with Crippen molar-refractivity contribution in [1.82, 2.24) is 4.90 Å². The molecule has 2 heterocycles. The molecule has 0 N–H and O–H groups in total. The number of amidine groups is 1. The average molecular weight is 368 g/mol. The number of carbonyl (C=O) groups excluding carboxylic acids is 1. The molecule has 0 saturated carbocycles. The van der Waals surface area contributed by atoms with Crippen LogP contribution in [0.3, 0.4) is 0 Å². The molecule has 0 atom stereocenters. The first kappa shape index (κ1) is 16.8. The maximum Gasteiger partial charge on any atom is 0.185 e. The molecule has 0 saturated heterocycles. The lowest BCUT2D eigenvalue weighted by molar-refractivity contribution is -0.103. The lowest BCUT2D eigenvalue weighted by atomic mass is 10.0. The van der Waals surface area contributed by atoms with E-state index in [4.69, 9.17) is 4.74 Å². The van der Waals surface area contributed by atoms with Gasteiger partial charge in [-0.1, -0.05) is 48.6 Å². The molecule has 5 rings (SSSR count). The van der Waals surface area contributed by atoms with Gasteiger partial charge >= 0.3 is 0 Å². The predicted octanol–water partition coefficient (Wildman–Crippen LogP) is 4.02. The predicted molar refractivity (Wildman–Crippen MR) is 109 cm³/mol. The van der Waals surface area contributed by atoms with Gasteiger partial charge in [-0.15, -0.1) is 0 Å². The topological polar surface area (TPSA) is 41.9 Å². The molecule has 0 spiro atoms. The number of benzene rings is 1. The summed E-state index contributed by atoms with van der Waals surface area (Å²) in [7, 11) is 0. The third-order valence-corrected chi connectivity index (χ3v) is 5.37. The molecule has 0 fully saturated rings. The summed E-state index contributed by atoms with van der Waals surface area (Å²) in [6, 6.07) is 10.3. The number of aldehydes is 1. The SMILES string of the molecule is O=CC1=NC=C2CC=CC3=C4OCC=CC4=CC3=C2N1CCc1ccccc1. The molecule has 2 aliphatic carbocycles. The van der Waals surface area contributed by atoms with Crippen molar-refractivity contribution in [2.75, 3.05) is 13.2 Å². The van der Waals surface area contributed by atoms with E-state index in [0.29, 0.717) is 19.0 Å². The molecule has 0 bridgehead atoms. The molecule has 0 unspecified atom stereocenters. The number of aliphatic imine (C=N–C) groups is 1. The van der Waals surface area contributed by atoms with E-state index >= 15 is 0 Å². The Morgan fingerprint density at radius 2 is 2.00 bits per heavy atom. The van der Waals surface area contributed by atoms with Gasteiger partial charge < -0.3 is 9.64 Å². The number of fused-ring (bicyclic) bond motifs is 3. The van der Waals surface area contributed by atoms with Gasteiger partial charge in [0.25, 0.3) is 0 Å². The van der Waals surface area contributed by atoms with Gasteiger partial charge in [-0.3, -0.25) is 4.79 Å². The minimum absolute atomic E-state index is 0.457. The molecule has 4 heteroatoms. The van der Waals surface area contributed by atoms with Crippen molar-refractivity contribution in [3.63, 3.8) is 0 Å². The molecule has 1 aromatic carbocycles. The zero-order valence-corrected chi connectivity index (χ0v) is 15.5. The van der Waals surface area contributed by atoms with Crippen molar-refractivity contribution in [2.24, 2.45) is 4.99 Å². The highest BCUT2D eigenvalue weighted by Gasteiger charge is 2.32. The van der Waals surface area contributed by atoms with E-state index in [1.54, 1.807) is 0 Å². The van der Waals surface area contributed by atoms with Crippen LogP contribution >= 0.6 is 0 Å². The quantitative estimate of drug-likeness (QED) is 0.754. The van der Waals surface area contributed by atoms with Gasteiger partial charge in [0.05, 0.1) is 5.70 Å². The Morgan fingerprint density at radius 1 is 1.11 bits per heavy atom. The third kappa shape index (κ3) is 2.78. The van der Waals surface area contributed by atoms with Crippen LogP contribution in [0.1, 0.15) is 12.0 Å². The van der Waals surface area contributed by atoms with Gasteiger partial charge in [0.15, 0.2) is 12.1 Å². The molecule has 28 heavy (non-hydrogen) atoms. The summed E-state index contributed by atoms with van der Waals surface area (Å²) in [5.74, 6) is 1.39. The molecule has 0 amide bonds. The third-order valence-electron chi connectivity index (χ3n) is 5.37. The second-order valence-corrected chi connectivity index (χ2v) is 7.07. The van der Waals surface area contributed by atoms with E-state index in [2.05, 4.69) is 46.3 Å². The lowest BCUT2D eigenvalue weighted by Gasteiger charge is -2.31. The largest absolute Gasteiger partial charge is 0.488 e. The van der Waals surface area contributed by atoms with Crippen molar-refractivity contribution in [3.05, 3.63) is 106 Å². The molecular weight excluding hydrogens is 348 g/mol. The first-order chi connectivity index (χ1) is 13.8. The normalized spacial score (nSPS) is 19.9. The first-order valence-corrected chi connectivity index (χ1v) is 9.56. The van der Waals surface area contributed by atoms with Gasteiger partial charge in [-0.25, -0.2) is 4.99 Å². The van der Waals surface area contributed by atoms with E-state index in [1.165, 1.54) is 5.56 Å². The van der Waals surface area contributed by atoms with Crippen LogP contribution in [-0.2, 0) is 16.0 Å². The van der Waals surface area contributed by atoms with E-state index in [1.807, 2.05) is 30.5 Å². The number of rotatable bonds is 4. The Hall–Kier alpha value is -3.40. The van der Waals surface area contributed by atoms with Crippen LogP contribution in [0.2, 0.25) is 0 Å². The van der Waals surface area contributed by atoms with Crippen LogP contribution in [0, 0.1) is 0 Å². The van der Waals surface area contributed by atoms with Crippen molar-refractivity contribution < 1.29 is 9.53 Å². The first-order valence-electron chi connectivity index (χ1n) is 9.56. The fourth-order valence-electron chi connectivity index (χ4n) is 4.07. The summed E-state index contributed by atoms with van der Waals surface area (Å²) in [5.41, 5.74) is 6.73. The molecule has 0 aromatic heterocycles. The summed E-state index contributed by atoms with van der Waals surface area (Å²) in [5, 5.41) is 0. The molecule has 1 aromatic rings. The number of hydrogen-bond donors (Lipinski definition) is 0. The minimum Gasteiger partial charge on any atom is -0.488 e. The number of allylic oxidation sites excluding steroid dienone is 7. The zero-order valence-electron chi connectivity index (χ0n) is 15.5. The van der Waals surface area contributed by atoms with Gasteiger partial charge in [-0.2, -0.15) is 0 Å². The number of carbonyl (C=O) groups is 1. The van der Waals surface area contributed by atoms with Crippen LogP contribution in [0.4, 0.5) is 0 Å². The monoisotopic (exact) mass is 368 g/mol. The van der Waals surface area contributed by atoms with Gasteiger partial charge in [0.2, 0.25) is 0 Å². The number of hydrogen-bond acceptors (Lipinski definition) is 4. The maximum atomic E-state index is 11.8. The second-order valence-electron chi connectivity index (χ2n) is 7.07. The Morgan fingerprint density at radius 3 is 2.86 bits per heavy atom. The highest BCUT2D eigenvalue weighted by atomic mass is 16.5. The molecule has 138 valence electrons. The minimum atomic E-state index is 0.457. The van der Waals surface area contributed by atoms with Crippen LogP contribution in [0.5, 0.6) is 0 Å². The smallest absolute Gasteiger partial charge is 0.185 e. The zero-order chi connectivity index (χ0) is 18.9. The van der Waals surface area contributed by atoms with Crippen LogP contribution in [0.25, 0.3) is 0 Å². The van der Waals surface area contributed by atoms with Crippen molar-refractivity contribution in [1.29, 1.82) is 0 Å². The fraction of sp³-hybridized carbons (Fsp3) is 0.167. The van der Waals surface area contributed by atoms with Crippen LogP contribution in [-0.4, -0.2) is 30.2 Å². The van der Waals surface area contributed by atoms with Crippen LogP contribution in [0.15, 0.2) is 106 Å². The second kappa shape index (κ2) is 6.97. The molecule has 4 nitrogen and oxygen atoms in total. The van der Waals surface area contributed by atoms with Gasteiger partial charge in [0, 0.05) is 29.5 Å². The summed E-state index contributed by atoms with van der Waals surface area (Å²) in [6.45, 7) is 1.29. The molecule has 2 aliphatic heterocycles. The van der Waals surface area contributed by atoms with E-state index < -0.39 is 0 Å². The Labute approximate surface area is 164 Å². The Balaban J connectivity index is 1.60. The molecular formula is C24H20N2O2. The van der Waals surface area contributed by atoms with Crippen LogP contribution < -0.4 is 0 Å². The standard InChI is InChI=1S/C24H20N2O2/c27-16-22-25-15-19-8-4-10-20-21(14-18-9-5-13-28-24(18)20)23(19)26(22)12-11-17-6-2-1-3-7-17/h1-7,9-10,14-16H,8,11-13H2. The molecule has 4 aliphatic rings. The van der Waals surface area contributed by atoms with E-state index in [9.17, 15) is 4.79 Å². The summed E-state index contributed by atoms with van der Waals surface area (Å²) in [4.78, 5) is 18.3. The number of ether oxygens (including phenoxy) is 1. The summed E-state index contributed by atoms with van der Waals surface area (Å²) >= 11 is 0. The van der Waals surface area contributed by atoms with Crippen molar-refractivity contribution in [3.8, 4) is 0 Å². The van der Waals surface area contributed by atoms with Gasteiger partial charge in [0.1, 0.15) is 12.4 Å². The Bertz CT molecular complexity index is 1050. The van der Waals surface area contributed by atoms with Crippen molar-refractivity contribution in [2.45, 2.75) is 12.8 Å². The average Bonchev–Trinajstić information content (AvgIpc) is 3.01. The van der Waals surface area contributed by atoms with Gasteiger partial charge in [-0.05, 0) is 36.1 Å². The van der Waals surface area contributed by atoms with E-state index in [0.717, 1.165) is 52.9 Å².